The van der Waals surface area contributed by atoms with Crippen LogP contribution in [0.5, 0.6) is 0 Å². The zero-order valence-corrected chi connectivity index (χ0v) is 16.4. The van der Waals surface area contributed by atoms with Crippen molar-refractivity contribution in [3.63, 3.8) is 0 Å². The Morgan fingerprint density at radius 1 is 1.29 bits per heavy atom. The number of rotatable bonds is 5. The minimum absolute atomic E-state index is 0. The molecule has 0 saturated carbocycles. The molecule has 4 nitrogen and oxygen atoms in total. The van der Waals surface area contributed by atoms with Gasteiger partial charge < -0.3 is 14.8 Å². The van der Waals surface area contributed by atoms with Gasteiger partial charge in [-0.15, -0.1) is 24.0 Å². The highest BCUT2D eigenvalue weighted by Gasteiger charge is 2.09. The van der Waals surface area contributed by atoms with Crippen molar-refractivity contribution in [2.45, 2.75) is 13.0 Å². The number of aryl methyl sites for hydroxylation is 1. The fraction of sp³-hybridized carbons (Fsp3) is 0.353. The molecule has 2 rings (SSSR count). The number of nitrogens with zero attached hydrogens (tertiary/aromatic N) is 3. The van der Waals surface area contributed by atoms with Crippen LogP contribution in [0.1, 0.15) is 11.3 Å². The van der Waals surface area contributed by atoms with Crippen LogP contribution in [0, 0.1) is 11.6 Å². The zero-order chi connectivity index (χ0) is 16.8. The topological polar surface area (TPSA) is 32.6 Å². The van der Waals surface area contributed by atoms with Gasteiger partial charge in [-0.2, -0.15) is 0 Å². The Labute approximate surface area is 158 Å². The minimum Gasteiger partial charge on any atom is -0.356 e. The largest absolute Gasteiger partial charge is 0.356 e. The monoisotopic (exact) mass is 448 g/mol. The van der Waals surface area contributed by atoms with E-state index in [1.54, 1.807) is 7.05 Å². The van der Waals surface area contributed by atoms with E-state index in [1.807, 2.05) is 41.9 Å². The molecule has 0 aliphatic rings. The van der Waals surface area contributed by atoms with E-state index in [1.165, 1.54) is 6.07 Å². The average molecular weight is 448 g/mol. The lowest BCUT2D eigenvalue weighted by molar-refractivity contribution is 0.462. The molecule has 0 bridgehead atoms. The van der Waals surface area contributed by atoms with Crippen LogP contribution in [-0.2, 0) is 20.0 Å². The molecule has 0 amide bonds. The molecule has 0 radical (unpaired) electrons. The molecule has 0 saturated heterocycles. The van der Waals surface area contributed by atoms with Crippen LogP contribution in [0.2, 0.25) is 0 Å². The molecule has 1 N–H and O–H groups in total. The second-order valence-corrected chi connectivity index (χ2v) is 5.43. The summed E-state index contributed by atoms with van der Waals surface area (Å²) >= 11 is 0. The van der Waals surface area contributed by atoms with Gasteiger partial charge in [-0.05, 0) is 42.3 Å². The number of aliphatic imine (C=N–C) groups is 1. The highest BCUT2D eigenvalue weighted by molar-refractivity contribution is 14.0. The first-order valence-corrected chi connectivity index (χ1v) is 7.47. The molecule has 0 unspecified atom stereocenters. The van der Waals surface area contributed by atoms with Gasteiger partial charge in [0.05, 0.1) is 6.54 Å². The summed E-state index contributed by atoms with van der Waals surface area (Å²) in [5.74, 6) is -0.102. The quantitative estimate of drug-likeness (QED) is 0.433. The molecule has 1 aromatic carbocycles. The third-order valence-corrected chi connectivity index (χ3v) is 3.71. The number of aromatic nitrogens is 1. The number of nitrogens with one attached hydrogen (secondary N) is 1. The van der Waals surface area contributed by atoms with Gasteiger partial charge in [-0.3, -0.25) is 4.99 Å². The van der Waals surface area contributed by atoms with Gasteiger partial charge in [0.15, 0.2) is 5.96 Å². The Bertz CT molecular complexity index is 685. The summed E-state index contributed by atoms with van der Waals surface area (Å²) in [5.41, 5.74) is 1.52. The standard InChI is InChI=1S/C17H22F2N4.HI/c1-20-17(23(3)12-15-5-4-10-22(15)2)21-9-8-13-11-14(18)6-7-16(13)19;/h4-7,10-11H,8-9,12H2,1-3H3,(H,20,21);1H. The molecule has 2 aromatic rings. The van der Waals surface area contributed by atoms with Crippen molar-refractivity contribution in [1.29, 1.82) is 0 Å². The number of hydrogen-bond acceptors (Lipinski definition) is 1. The van der Waals surface area contributed by atoms with E-state index < -0.39 is 5.82 Å². The fourth-order valence-electron chi connectivity index (χ4n) is 2.41. The number of hydrogen-bond donors (Lipinski definition) is 1. The molecule has 0 atom stereocenters. The molecule has 1 heterocycles. The van der Waals surface area contributed by atoms with Crippen LogP contribution in [0.25, 0.3) is 0 Å². The molecule has 7 heteroatoms. The fourth-order valence-corrected chi connectivity index (χ4v) is 2.41. The third-order valence-electron chi connectivity index (χ3n) is 3.71. The summed E-state index contributed by atoms with van der Waals surface area (Å²) in [4.78, 5) is 6.21. The summed E-state index contributed by atoms with van der Waals surface area (Å²) in [5, 5.41) is 3.17. The molecule has 0 aliphatic heterocycles. The SMILES string of the molecule is CN=C(NCCc1cc(F)ccc1F)N(C)Cc1cccn1C.I. The van der Waals surface area contributed by atoms with Crippen LogP contribution in [0.15, 0.2) is 41.5 Å². The Morgan fingerprint density at radius 3 is 2.67 bits per heavy atom. The van der Waals surface area contributed by atoms with E-state index in [2.05, 4.69) is 10.3 Å². The summed E-state index contributed by atoms with van der Waals surface area (Å²) in [6, 6.07) is 7.55. The second kappa shape index (κ2) is 9.61. The van der Waals surface area contributed by atoms with Gasteiger partial charge >= 0.3 is 0 Å². The number of guanidine groups is 1. The Kier molecular flexibility index (Phi) is 8.17. The molecular formula is C17H23F2IN4. The summed E-state index contributed by atoms with van der Waals surface area (Å²) < 4.78 is 28.8. The molecule has 24 heavy (non-hydrogen) atoms. The van der Waals surface area contributed by atoms with Crippen LogP contribution in [0.4, 0.5) is 8.78 Å². The lowest BCUT2D eigenvalue weighted by Gasteiger charge is -2.22. The first kappa shape index (κ1) is 20.4. The predicted octanol–water partition coefficient (Wildman–Crippen LogP) is 3.17. The van der Waals surface area contributed by atoms with E-state index in [0.29, 0.717) is 31.0 Å². The Morgan fingerprint density at radius 2 is 2.04 bits per heavy atom. The van der Waals surface area contributed by atoms with Crippen molar-refractivity contribution >= 4 is 29.9 Å². The summed E-state index contributed by atoms with van der Waals surface area (Å²) in [6.45, 7) is 1.18. The molecule has 0 fully saturated rings. The lowest BCUT2D eigenvalue weighted by Crippen LogP contribution is -2.39. The third kappa shape index (κ3) is 5.47. The molecular weight excluding hydrogens is 425 g/mol. The van der Waals surface area contributed by atoms with Gasteiger partial charge in [0.1, 0.15) is 11.6 Å². The highest BCUT2D eigenvalue weighted by atomic mass is 127. The van der Waals surface area contributed by atoms with Gasteiger partial charge in [0.2, 0.25) is 0 Å². The minimum atomic E-state index is -0.424. The van der Waals surface area contributed by atoms with Crippen LogP contribution < -0.4 is 5.32 Å². The number of halogens is 3. The van der Waals surface area contributed by atoms with E-state index in [4.69, 9.17) is 0 Å². The van der Waals surface area contributed by atoms with Crippen molar-refractivity contribution in [3.05, 3.63) is 59.4 Å². The Balaban J connectivity index is 0.00000288. The predicted molar refractivity (Wildman–Crippen MR) is 104 cm³/mol. The van der Waals surface area contributed by atoms with Crippen molar-refractivity contribution in [2.75, 3.05) is 20.6 Å². The van der Waals surface area contributed by atoms with E-state index >= 15 is 0 Å². The molecule has 0 aliphatic carbocycles. The molecule has 1 aromatic heterocycles. The maximum Gasteiger partial charge on any atom is 0.193 e. The summed E-state index contributed by atoms with van der Waals surface area (Å²) in [6.07, 6.45) is 2.38. The van der Waals surface area contributed by atoms with Crippen LogP contribution >= 0.6 is 24.0 Å². The normalized spacial score (nSPS) is 11.1. The van der Waals surface area contributed by atoms with Gasteiger partial charge in [-0.25, -0.2) is 8.78 Å². The highest BCUT2D eigenvalue weighted by Crippen LogP contribution is 2.10. The first-order valence-electron chi connectivity index (χ1n) is 7.47. The van der Waals surface area contributed by atoms with Gasteiger partial charge in [0, 0.05) is 39.6 Å². The van der Waals surface area contributed by atoms with Crippen LogP contribution in [-0.4, -0.2) is 36.1 Å². The molecule has 132 valence electrons. The maximum atomic E-state index is 13.6. The van der Waals surface area contributed by atoms with E-state index in [-0.39, 0.29) is 29.8 Å². The van der Waals surface area contributed by atoms with E-state index in [9.17, 15) is 8.78 Å². The average Bonchev–Trinajstić information content (AvgIpc) is 2.92. The van der Waals surface area contributed by atoms with Crippen molar-refractivity contribution in [2.24, 2.45) is 12.0 Å². The smallest absolute Gasteiger partial charge is 0.193 e. The van der Waals surface area contributed by atoms with Crippen molar-refractivity contribution in [1.82, 2.24) is 14.8 Å². The Hall–Kier alpha value is -1.64. The molecule has 0 spiro atoms. The summed E-state index contributed by atoms with van der Waals surface area (Å²) in [7, 11) is 5.63. The van der Waals surface area contributed by atoms with Crippen molar-refractivity contribution in [3.8, 4) is 0 Å². The number of benzene rings is 1. The van der Waals surface area contributed by atoms with Gasteiger partial charge in [-0.1, -0.05) is 0 Å². The first-order chi connectivity index (χ1) is 11.0. The van der Waals surface area contributed by atoms with Crippen LogP contribution in [0.3, 0.4) is 0 Å². The second-order valence-electron chi connectivity index (χ2n) is 5.43. The maximum absolute atomic E-state index is 13.6. The lowest BCUT2D eigenvalue weighted by atomic mass is 10.1. The zero-order valence-electron chi connectivity index (χ0n) is 14.1. The van der Waals surface area contributed by atoms with Crippen molar-refractivity contribution < 1.29 is 8.78 Å². The van der Waals surface area contributed by atoms with Gasteiger partial charge in [0.25, 0.3) is 0 Å². The van der Waals surface area contributed by atoms with E-state index in [0.717, 1.165) is 17.8 Å².